The van der Waals surface area contributed by atoms with Gasteiger partial charge < -0.3 is 10.2 Å². The first kappa shape index (κ1) is 13.7. The molecule has 0 aromatic carbocycles. The number of nitrogens with zero attached hydrogens (tertiary/aromatic N) is 1. The van der Waals surface area contributed by atoms with Crippen LogP contribution in [0.15, 0.2) is 17.5 Å². The highest BCUT2D eigenvalue weighted by molar-refractivity contribution is 7.09. The normalized spacial score (nSPS) is 13.6. The van der Waals surface area contributed by atoms with Gasteiger partial charge in [-0.2, -0.15) is 0 Å². The van der Waals surface area contributed by atoms with E-state index >= 15 is 0 Å². The molecule has 0 bridgehead atoms. The minimum Gasteiger partial charge on any atom is -0.313 e. The molecule has 2 nitrogen and oxygen atoms in total. The first-order valence-corrected chi connectivity index (χ1v) is 6.93. The third-order valence-electron chi connectivity index (χ3n) is 2.85. The van der Waals surface area contributed by atoms with E-state index in [1.165, 1.54) is 4.88 Å². The molecule has 0 radical (unpaired) electrons. The second-order valence-electron chi connectivity index (χ2n) is 4.72. The van der Waals surface area contributed by atoms with Gasteiger partial charge >= 0.3 is 0 Å². The lowest BCUT2D eigenvalue weighted by molar-refractivity contribution is 0.254. The van der Waals surface area contributed by atoms with Crippen molar-refractivity contribution in [1.29, 1.82) is 0 Å². The molecule has 1 aromatic heterocycles. The molecular weight excluding hydrogens is 216 g/mol. The molecule has 1 heterocycles. The summed E-state index contributed by atoms with van der Waals surface area (Å²) in [5.74, 6) is 0. The van der Waals surface area contributed by atoms with Crippen LogP contribution in [0.1, 0.15) is 25.6 Å². The second-order valence-corrected chi connectivity index (χ2v) is 5.75. The first-order valence-electron chi connectivity index (χ1n) is 6.05. The molecule has 3 heteroatoms. The molecule has 1 N–H and O–H groups in total. The Balaban J connectivity index is 2.22. The topological polar surface area (TPSA) is 15.3 Å². The number of rotatable bonds is 7. The van der Waals surface area contributed by atoms with Gasteiger partial charge in [0.15, 0.2) is 0 Å². The minimum absolute atomic E-state index is 0.584. The van der Waals surface area contributed by atoms with Gasteiger partial charge in [0.05, 0.1) is 0 Å². The van der Waals surface area contributed by atoms with E-state index in [9.17, 15) is 0 Å². The second kappa shape index (κ2) is 7.05. The Morgan fingerprint density at radius 1 is 1.38 bits per heavy atom. The number of thiophene rings is 1. The van der Waals surface area contributed by atoms with Gasteiger partial charge in [-0.3, -0.25) is 0 Å². The van der Waals surface area contributed by atoms with Crippen molar-refractivity contribution >= 4 is 11.3 Å². The van der Waals surface area contributed by atoms with E-state index < -0.39 is 0 Å². The van der Waals surface area contributed by atoms with Crippen LogP contribution in [0.3, 0.4) is 0 Å². The van der Waals surface area contributed by atoms with Crippen LogP contribution >= 0.6 is 11.3 Å². The number of hydrogen-bond acceptors (Lipinski definition) is 3. The zero-order valence-electron chi connectivity index (χ0n) is 10.9. The van der Waals surface area contributed by atoms with Crippen molar-refractivity contribution < 1.29 is 0 Å². The Labute approximate surface area is 104 Å². The third-order valence-corrected chi connectivity index (χ3v) is 3.74. The van der Waals surface area contributed by atoms with E-state index in [2.05, 4.69) is 55.5 Å². The Kier molecular flexibility index (Phi) is 6.03. The quantitative estimate of drug-likeness (QED) is 0.788. The summed E-state index contributed by atoms with van der Waals surface area (Å²) in [5, 5.41) is 5.61. The van der Waals surface area contributed by atoms with Crippen LogP contribution in [0.25, 0.3) is 0 Å². The molecule has 0 fully saturated rings. The van der Waals surface area contributed by atoms with Crippen LogP contribution in [0.4, 0.5) is 0 Å². The van der Waals surface area contributed by atoms with E-state index in [0.717, 1.165) is 19.5 Å². The Bertz CT molecular complexity index is 269. The summed E-state index contributed by atoms with van der Waals surface area (Å²) in [7, 11) is 2.21. The highest BCUT2D eigenvalue weighted by Crippen LogP contribution is 2.13. The molecule has 0 aliphatic rings. The molecular formula is C13H24N2S. The van der Waals surface area contributed by atoms with Crippen LogP contribution in [0.5, 0.6) is 0 Å². The molecule has 1 rings (SSSR count). The van der Waals surface area contributed by atoms with E-state index in [4.69, 9.17) is 0 Å². The highest BCUT2D eigenvalue weighted by atomic mass is 32.1. The molecule has 1 atom stereocenters. The summed E-state index contributed by atoms with van der Waals surface area (Å²) >= 11 is 1.86. The van der Waals surface area contributed by atoms with Gasteiger partial charge in [0.25, 0.3) is 0 Å². The number of hydrogen-bond donors (Lipinski definition) is 1. The zero-order chi connectivity index (χ0) is 12.0. The van der Waals surface area contributed by atoms with E-state index in [1.807, 2.05) is 11.3 Å². The molecule has 16 heavy (non-hydrogen) atoms. The average molecular weight is 240 g/mol. The van der Waals surface area contributed by atoms with Crippen molar-refractivity contribution in [3.05, 3.63) is 22.4 Å². The molecule has 92 valence electrons. The van der Waals surface area contributed by atoms with Gasteiger partial charge in [0.2, 0.25) is 0 Å². The lowest BCUT2D eigenvalue weighted by atomic mass is 10.2. The maximum atomic E-state index is 3.45. The molecule has 0 saturated carbocycles. The maximum absolute atomic E-state index is 3.45. The van der Waals surface area contributed by atoms with Crippen molar-refractivity contribution in [2.24, 2.45) is 0 Å². The van der Waals surface area contributed by atoms with E-state index in [-0.39, 0.29) is 0 Å². The third kappa shape index (κ3) is 5.10. The lowest BCUT2D eigenvalue weighted by Crippen LogP contribution is -2.38. The van der Waals surface area contributed by atoms with Gasteiger partial charge in [0, 0.05) is 30.1 Å². The van der Waals surface area contributed by atoms with Crippen molar-refractivity contribution in [2.75, 3.05) is 20.1 Å². The zero-order valence-corrected chi connectivity index (χ0v) is 11.7. The monoisotopic (exact) mass is 240 g/mol. The van der Waals surface area contributed by atoms with Crippen molar-refractivity contribution in [3.8, 4) is 0 Å². The number of nitrogens with one attached hydrogen (secondary N) is 1. The fourth-order valence-electron chi connectivity index (χ4n) is 1.63. The standard InChI is InChI=1S/C13H24N2S/c1-11(2)14-7-8-15(4)12(3)10-13-6-5-9-16-13/h5-6,9,11-12,14H,7-8,10H2,1-4H3. The molecule has 0 aliphatic heterocycles. The van der Waals surface area contributed by atoms with E-state index in [0.29, 0.717) is 12.1 Å². The van der Waals surface area contributed by atoms with Gasteiger partial charge in [-0.1, -0.05) is 19.9 Å². The van der Waals surface area contributed by atoms with Crippen molar-refractivity contribution in [3.63, 3.8) is 0 Å². The molecule has 0 spiro atoms. The lowest BCUT2D eigenvalue weighted by Gasteiger charge is -2.24. The molecule has 1 aromatic rings. The largest absolute Gasteiger partial charge is 0.313 e. The number of likely N-dealkylation sites (N-methyl/N-ethyl adjacent to an activating group) is 1. The molecule has 0 amide bonds. The van der Waals surface area contributed by atoms with Gasteiger partial charge in [-0.15, -0.1) is 11.3 Å². The Morgan fingerprint density at radius 3 is 2.69 bits per heavy atom. The van der Waals surface area contributed by atoms with Gasteiger partial charge in [-0.05, 0) is 31.8 Å². The predicted molar refractivity (Wildman–Crippen MR) is 73.3 cm³/mol. The fraction of sp³-hybridized carbons (Fsp3) is 0.692. The van der Waals surface area contributed by atoms with Gasteiger partial charge in [-0.25, -0.2) is 0 Å². The van der Waals surface area contributed by atoms with Crippen molar-refractivity contribution in [2.45, 2.75) is 39.3 Å². The average Bonchev–Trinajstić information content (AvgIpc) is 2.69. The Hall–Kier alpha value is -0.380. The van der Waals surface area contributed by atoms with Crippen molar-refractivity contribution in [1.82, 2.24) is 10.2 Å². The summed E-state index contributed by atoms with van der Waals surface area (Å²) < 4.78 is 0. The van der Waals surface area contributed by atoms with E-state index in [1.54, 1.807) is 0 Å². The SMILES string of the molecule is CC(C)NCCN(C)C(C)Cc1cccs1. The molecule has 0 saturated heterocycles. The minimum atomic E-state index is 0.584. The summed E-state index contributed by atoms with van der Waals surface area (Å²) in [6.07, 6.45) is 1.16. The Morgan fingerprint density at radius 2 is 2.12 bits per heavy atom. The molecule has 1 unspecified atom stereocenters. The summed E-state index contributed by atoms with van der Waals surface area (Å²) in [5.41, 5.74) is 0. The fourth-order valence-corrected chi connectivity index (χ4v) is 2.45. The summed E-state index contributed by atoms with van der Waals surface area (Å²) in [6, 6.07) is 5.56. The van der Waals surface area contributed by atoms with Crippen LogP contribution in [-0.4, -0.2) is 37.1 Å². The first-order chi connectivity index (χ1) is 7.59. The van der Waals surface area contributed by atoms with Gasteiger partial charge in [0.1, 0.15) is 0 Å². The smallest absolute Gasteiger partial charge is 0.0113 e. The van der Waals surface area contributed by atoms with Crippen LogP contribution < -0.4 is 5.32 Å². The van der Waals surface area contributed by atoms with Crippen LogP contribution in [0, 0.1) is 0 Å². The highest BCUT2D eigenvalue weighted by Gasteiger charge is 2.10. The predicted octanol–water partition coefficient (Wildman–Crippen LogP) is 2.61. The van der Waals surface area contributed by atoms with Crippen LogP contribution in [0.2, 0.25) is 0 Å². The summed E-state index contributed by atoms with van der Waals surface area (Å²) in [4.78, 5) is 3.91. The maximum Gasteiger partial charge on any atom is 0.0113 e. The molecule has 0 aliphatic carbocycles. The van der Waals surface area contributed by atoms with Crippen LogP contribution in [-0.2, 0) is 6.42 Å². The summed E-state index contributed by atoms with van der Waals surface area (Å²) in [6.45, 7) is 8.87.